The number of alkyl halides is 1. The fourth-order valence-electron chi connectivity index (χ4n) is 3.23. The van der Waals surface area contributed by atoms with Crippen molar-refractivity contribution in [3.63, 3.8) is 0 Å². The van der Waals surface area contributed by atoms with Crippen molar-refractivity contribution in [3.05, 3.63) is 23.1 Å². The average molecular weight is 312 g/mol. The summed E-state index contributed by atoms with van der Waals surface area (Å²) in [7, 11) is 0. The lowest BCUT2D eigenvalue weighted by atomic mass is 9.98. The normalized spacial score (nSPS) is 22.8. The predicted molar refractivity (Wildman–Crippen MR) is 83.5 cm³/mol. The number of hydrogen-bond acceptors (Lipinski definition) is 2. The Hall–Kier alpha value is -0.800. The second kappa shape index (κ2) is 5.90. The van der Waals surface area contributed by atoms with Gasteiger partial charge in [-0.3, -0.25) is 0 Å². The van der Waals surface area contributed by atoms with E-state index < -0.39 is 0 Å². The number of imidazole rings is 1. The van der Waals surface area contributed by atoms with Crippen LogP contribution >= 0.6 is 23.2 Å². The van der Waals surface area contributed by atoms with Crippen molar-refractivity contribution in [1.29, 1.82) is 0 Å². The summed E-state index contributed by atoms with van der Waals surface area (Å²) in [6.45, 7) is 3.35. The third-order valence-electron chi connectivity index (χ3n) is 4.40. The van der Waals surface area contributed by atoms with Crippen LogP contribution in [0.15, 0.2) is 12.3 Å². The Labute approximate surface area is 129 Å². The van der Waals surface area contributed by atoms with Gasteiger partial charge in [-0.15, -0.1) is 11.6 Å². The van der Waals surface area contributed by atoms with Gasteiger partial charge in [0.1, 0.15) is 11.3 Å². The molecule has 1 aliphatic rings. The number of rotatable bonds is 4. The van der Waals surface area contributed by atoms with Gasteiger partial charge in [0.05, 0.1) is 5.02 Å². The largest absolute Gasteiger partial charge is 0.312 e. The summed E-state index contributed by atoms with van der Waals surface area (Å²) < 4.78 is 2.25. The Morgan fingerprint density at radius 2 is 2.25 bits per heavy atom. The molecule has 1 saturated carbocycles. The van der Waals surface area contributed by atoms with E-state index in [0.29, 0.717) is 10.9 Å². The van der Waals surface area contributed by atoms with E-state index in [-0.39, 0.29) is 0 Å². The minimum atomic E-state index is 0.581. The van der Waals surface area contributed by atoms with E-state index in [1.54, 1.807) is 6.20 Å². The van der Waals surface area contributed by atoms with Gasteiger partial charge in [-0.25, -0.2) is 9.97 Å². The maximum absolute atomic E-state index is 6.01. The zero-order valence-electron chi connectivity index (χ0n) is 11.6. The Kier molecular flexibility index (Phi) is 4.18. The molecule has 3 nitrogen and oxygen atoms in total. The van der Waals surface area contributed by atoms with Crippen LogP contribution in [0.25, 0.3) is 11.2 Å². The van der Waals surface area contributed by atoms with E-state index in [1.807, 2.05) is 6.07 Å². The number of pyridine rings is 1. The summed E-state index contributed by atoms with van der Waals surface area (Å²) in [5.41, 5.74) is 1.82. The van der Waals surface area contributed by atoms with Crippen LogP contribution in [0.4, 0.5) is 0 Å². The molecule has 2 aromatic rings. The summed E-state index contributed by atoms with van der Waals surface area (Å²) in [4.78, 5) is 9.14. The fourth-order valence-corrected chi connectivity index (χ4v) is 3.55. The molecule has 0 aromatic carbocycles. The Bertz CT molecular complexity index is 608. The third-order valence-corrected chi connectivity index (χ3v) is 4.80. The summed E-state index contributed by atoms with van der Waals surface area (Å²) in [6.07, 6.45) is 6.44. The molecule has 0 radical (unpaired) electrons. The lowest BCUT2D eigenvalue weighted by molar-refractivity contribution is 0.363. The van der Waals surface area contributed by atoms with Gasteiger partial charge in [0.15, 0.2) is 5.65 Å². The van der Waals surface area contributed by atoms with Crippen LogP contribution < -0.4 is 0 Å². The van der Waals surface area contributed by atoms with Crippen molar-refractivity contribution in [1.82, 2.24) is 14.5 Å². The molecule has 1 fully saturated rings. The zero-order chi connectivity index (χ0) is 14.1. The van der Waals surface area contributed by atoms with Gasteiger partial charge in [-0.1, -0.05) is 31.4 Å². The number of halogens is 2. The van der Waals surface area contributed by atoms with E-state index >= 15 is 0 Å². The average Bonchev–Trinajstić information content (AvgIpc) is 2.96. The van der Waals surface area contributed by atoms with Gasteiger partial charge in [0.2, 0.25) is 0 Å². The molecule has 108 valence electrons. The fraction of sp³-hybridized carbons (Fsp3) is 0.600. The van der Waals surface area contributed by atoms with Gasteiger partial charge in [-0.05, 0) is 24.3 Å². The van der Waals surface area contributed by atoms with Crippen molar-refractivity contribution >= 4 is 34.4 Å². The van der Waals surface area contributed by atoms with Crippen LogP contribution in [0.2, 0.25) is 5.02 Å². The van der Waals surface area contributed by atoms with Crippen LogP contribution in [0.3, 0.4) is 0 Å². The van der Waals surface area contributed by atoms with Gasteiger partial charge in [-0.2, -0.15) is 0 Å². The molecule has 0 spiro atoms. The first-order valence-corrected chi connectivity index (χ1v) is 8.17. The van der Waals surface area contributed by atoms with Crippen molar-refractivity contribution in [2.45, 2.75) is 39.2 Å². The maximum Gasteiger partial charge on any atom is 0.160 e. The first kappa shape index (κ1) is 14.2. The van der Waals surface area contributed by atoms with Crippen LogP contribution in [0.5, 0.6) is 0 Å². The molecule has 2 atom stereocenters. The zero-order valence-corrected chi connectivity index (χ0v) is 13.2. The number of aromatic nitrogens is 3. The highest BCUT2D eigenvalue weighted by Crippen LogP contribution is 2.33. The maximum atomic E-state index is 6.01. The molecule has 2 aromatic heterocycles. The second-order valence-corrected chi connectivity index (χ2v) is 6.56. The molecule has 3 rings (SSSR count). The molecule has 20 heavy (non-hydrogen) atoms. The minimum absolute atomic E-state index is 0.581. The van der Waals surface area contributed by atoms with E-state index in [1.165, 1.54) is 19.3 Å². The summed E-state index contributed by atoms with van der Waals surface area (Å²) in [5, 5.41) is 0.633. The third kappa shape index (κ3) is 2.66. The number of nitrogens with zero attached hydrogens (tertiary/aromatic N) is 3. The Morgan fingerprint density at radius 3 is 2.95 bits per heavy atom. The van der Waals surface area contributed by atoms with Crippen LogP contribution in [0, 0.1) is 11.8 Å². The number of hydrogen-bond donors (Lipinski definition) is 0. The second-order valence-electron chi connectivity index (χ2n) is 5.74. The SMILES string of the molecule is CC1CCCC1Cn1c(CCCl)nc2cc(Cl)cnc21. The van der Waals surface area contributed by atoms with E-state index in [4.69, 9.17) is 23.2 Å². The highest BCUT2D eigenvalue weighted by Gasteiger charge is 2.25. The molecule has 2 unspecified atom stereocenters. The smallest absolute Gasteiger partial charge is 0.160 e. The topological polar surface area (TPSA) is 30.7 Å². The molecule has 1 aliphatic carbocycles. The van der Waals surface area contributed by atoms with E-state index in [9.17, 15) is 0 Å². The van der Waals surface area contributed by atoms with Crippen molar-refractivity contribution in [3.8, 4) is 0 Å². The quantitative estimate of drug-likeness (QED) is 0.788. The van der Waals surface area contributed by atoms with Gasteiger partial charge < -0.3 is 4.57 Å². The molecule has 0 aliphatic heterocycles. The summed E-state index contributed by atoms with van der Waals surface area (Å²) in [6, 6.07) is 1.89. The van der Waals surface area contributed by atoms with Gasteiger partial charge in [0.25, 0.3) is 0 Å². The number of aryl methyl sites for hydroxylation is 1. The summed E-state index contributed by atoms with van der Waals surface area (Å²) in [5.74, 6) is 3.11. The van der Waals surface area contributed by atoms with Crippen LogP contribution in [0.1, 0.15) is 32.0 Å². The highest BCUT2D eigenvalue weighted by molar-refractivity contribution is 6.31. The van der Waals surface area contributed by atoms with E-state index in [2.05, 4.69) is 21.5 Å². The lowest BCUT2D eigenvalue weighted by Crippen LogP contribution is -2.16. The Balaban J connectivity index is 1.99. The van der Waals surface area contributed by atoms with Gasteiger partial charge in [0, 0.05) is 25.0 Å². The number of fused-ring (bicyclic) bond motifs is 1. The van der Waals surface area contributed by atoms with Crippen LogP contribution in [-0.4, -0.2) is 20.4 Å². The minimum Gasteiger partial charge on any atom is -0.312 e. The van der Waals surface area contributed by atoms with Crippen molar-refractivity contribution < 1.29 is 0 Å². The molecule has 0 N–H and O–H groups in total. The Morgan fingerprint density at radius 1 is 1.40 bits per heavy atom. The summed E-state index contributed by atoms with van der Waals surface area (Å²) >= 11 is 11.9. The van der Waals surface area contributed by atoms with Crippen molar-refractivity contribution in [2.75, 3.05) is 5.88 Å². The molecule has 0 amide bonds. The molecule has 0 bridgehead atoms. The molecule has 5 heteroatoms. The van der Waals surface area contributed by atoms with E-state index in [0.717, 1.165) is 41.8 Å². The predicted octanol–water partition coefficient (Wildman–Crippen LogP) is 4.30. The van der Waals surface area contributed by atoms with Gasteiger partial charge >= 0.3 is 0 Å². The standard InChI is InChI=1S/C15H19Cl2N3/c1-10-3-2-4-11(10)9-20-14(5-6-16)19-13-7-12(17)8-18-15(13)20/h7-8,10-11H,2-6,9H2,1H3. The highest BCUT2D eigenvalue weighted by atomic mass is 35.5. The molecular formula is C15H19Cl2N3. The molecule has 2 heterocycles. The molecule has 0 saturated heterocycles. The first-order valence-electron chi connectivity index (χ1n) is 7.25. The first-order chi connectivity index (χ1) is 9.69. The van der Waals surface area contributed by atoms with Crippen LogP contribution in [-0.2, 0) is 13.0 Å². The monoisotopic (exact) mass is 311 g/mol. The van der Waals surface area contributed by atoms with Crippen molar-refractivity contribution in [2.24, 2.45) is 11.8 Å². The molecular weight excluding hydrogens is 293 g/mol. The lowest BCUT2D eigenvalue weighted by Gasteiger charge is -2.17.